The van der Waals surface area contributed by atoms with Crippen LogP contribution in [0.15, 0.2) is 42.5 Å². The summed E-state index contributed by atoms with van der Waals surface area (Å²) < 4.78 is 5.62. The second kappa shape index (κ2) is 6.90. The van der Waals surface area contributed by atoms with Gasteiger partial charge in [0.25, 0.3) is 0 Å². The molecule has 5 heteroatoms. The van der Waals surface area contributed by atoms with E-state index in [1.54, 1.807) is 18.2 Å². The Hall–Kier alpha value is -2.33. The molecule has 0 spiro atoms. The molecule has 1 N–H and O–H groups in total. The Labute approximate surface area is 127 Å². The van der Waals surface area contributed by atoms with Crippen LogP contribution in [0, 0.1) is 6.92 Å². The van der Waals surface area contributed by atoms with Gasteiger partial charge in [0.1, 0.15) is 12.4 Å². The van der Waals surface area contributed by atoms with Crippen LogP contribution in [0.25, 0.3) is 6.08 Å². The van der Waals surface area contributed by atoms with Gasteiger partial charge in [-0.25, -0.2) is 4.79 Å². The average molecular weight is 304 g/mol. The largest absolute Gasteiger partial charge is 0.486 e. The van der Waals surface area contributed by atoms with Gasteiger partial charge in [0.15, 0.2) is 0 Å². The van der Waals surface area contributed by atoms with Crippen molar-refractivity contribution in [2.24, 2.45) is 0 Å². The summed E-state index contributed by atoms with van der Waals surface area (Å²) in [5.74, 6) is -0.468. The van der Waals surface area contributed by atoms with E-state index in [1.165, 1.54) is 6.08 Å². The fraction of sp³-hybridized carbons (Fsp3) is 0.125. The number of aryl methyl sites for hydroxylation is 1. The lowest BCUT2D eigenvalue weighted by Crippen LogP contribution is -1.99. The van der Waals surface area contributed by atoms with Crippen LogP contribution < -0.4 is 4.74 Å². The first-order valence-corrected chi connectivity index (χ1v) is 6.68. The SMILES string of the molecule is Cc1cccc(COc2ccc(C=CC(=O)O)cc2Cl)n1. The minimum Gasteiger partial charge on any atom is -0.486 e. The second-order valence-electron chi connectivity index (χ2n) is 4.42. The predicted molar refractivity (Wildman–Crippen MR) is 81.4 cm³/mol. The van der Waals surface area contributed by atoms with Gasteiger partial charge in [0, 0.05) is 11.8 Å². The first kappa shape index (κ1) is 15.1. The number of ether oxygens (including phenoxy) is 1. The van der Waals surface area contributed by atoms with E-state index in [0.29, 0.717) is 22.9 Å². The monoisotopic (exact) mass is 303 g/mol. The maximum absolute atomic E-state index is 10.5. The maximum atomic E-state index is 10.5. The summed E-state index contributed by atoms with van der Waals surface area (Å²) in [6, 6.07) is 10.8. The predicted octanol–water partition coefficient (Wildman–Crippen LogP) is 3.72. The number of halogens is 1. The molecule has 0 saturated heterocycles. The number of aromatic nitrogens is 1. The fourth-order valence-corrected chi connectivity index (χ4v) is 1.98. The van der Waals surface area contributed by atoms with Crippen LogP contribution in [-0.2, 0) is 11.4 Å². The molecule has 1 aromatic heterocycles. The summed E-state index contributed by atoms with van der Waals surface area (Å²) in [6.45, 7) is 2.24. The summed E-state index contributed by atoms with van der Waals surface area (Å²) in [5, 5.41) is 9.01. The lowest BCUT2D eigenvalue weighted by Gasteiger charge is -2.08. The van der Waals surface area contributed by atoms with E-state index in [9.17, 15) is 4.79 Å². The van der Waals surface area contributed by atoms with Gasteiger partial charge in [-0.3, -0.25) is 4.98 Å². The van der Waals surface area contributed by atoms with Crippen LogP contribution in [-0.4, -0.2) is 16.1 Å². The first-order chi connectivity index (χ1) is 10.0. The molecule has 1 aromatic carbocycles. The molecule has 2 rings (SSSR count). The van der Waals surface area contributed by atoms with E-state index in [0.717, 1.165) is 17.5 Å². The molecule has 4 nitrogen and oxygen atoms in total. The number of hydrogen-bond donors (Lipinski definition) is 1. The van der Waals surface area contributed by atoms with E-state index in [-0.39, 0.29) is 0 Å². The van der Waals surface area contributed by atoms with Gasteiger partial charge in [0.2, 0.25) is 0 Å². The quantitative estimate of drug-likeness (QED) is 0.855. The van der Waals surface area contributed by atoms with Crippen LogP contribution in [0.4, 0.5) is 0 Å². The Morgan fingerprint density at radius 3 is 2.86 bits per heavy atom. The molecule has 0 aliphatic carbocycles. The summed E-state index contributed by atoms with van der Waals surface area (Å²) in [5.41, 5.74) is 2.45. The molecule has 0 radical (unpaired) electrons. The summed E-state index contributed by atoms with van der Waals surface area (Å²) >= 11 is 6.12. The van der Waals surface area contributed by atoms with Crippen molar-refractivity contribution in [2.45, 2.75) is 13.5 Å². The minimum absolute atomic E-state index is 0.325. The molecule has 0 fully saturated rings. The van der Waals surface area contributed by atoms with Gasteiger partial charge in [-0.15, -0.1) is 0 Å². The van der Waals surface area contributed by atoms with E-state index in [4.69, 9.17) is 21.4 Å². The van der Waals surface area contributed by atoms with Gasteiger partial charge in [-0.1, -0.05) is 23.7 Å². The lowest BCUT2D eigenvalue weighted by molar-refractivity contribution is -0.131. The molecule has 0 amide bonds. The van der Waals surface area contributed by atoms with Crippen LogP contribution >= 0.6 is 11.6 Å². The molecule has 21 heavy (non-hydrogen) atoms. The van der Waals surface area contributed by atoms with Crippen molar-refractivity contribution < 1.29 is 14.6 Å². The summed E-state index contributed by atoms with van der Waals surface area (Å²) in [4.78, 5) is 14.8. The van der Waals surface area contributed by atoms with Crippen LogP contribution in [0.3, 0.4) is 0 Å². The van der Waals surface area contributed by atoms with E-state index in [1.807, 2.05) is 25.1 Å². The molecule has 0 aliphatic heterocycles. The third-order valence-electron chi connectivity index (χ3n) is 2.70. The zero-order valence-corrected chi connectivity index (χ0v) is 12.2. The minimum atomic E-state index is -1.00. The third kappa shape index (κ3) is 4.61. The highest BCUT2D eigenvalue weighted by Gasteiger charge is 2.04. The van der Waals surface area contributed by atoms with Gasteiger partial charge >= 0.3 is 5.97 Å². The molecule has 0 unspecified atom stereocenters. The van der Waals surface area contributed by atoms with Gasteiger partial charge < -0.3 is 9.84 Å². The average Bonchev–Trinajstić information content (AvgIpc) is 2.44. The molecule has 0 saturated carbocycles. The van der Waals surface area contributed by atoms with Crippen molar-refractivity contribution in [1.82, 2.24) is 4.98 Å². The maximum Gasteiger partial charge on any atom is 0.328 e. The number of aliphatic carboxylic acids is 1. The standard InChI is InChI=1S/C16H14ClNO3/c1-11-3-2-4-13(18-11)10-21-15-7-5-12(9-14(15)17)6-8-16(19)20/h2-9H,10H2,1H3,(H,19,20). The Bertz CT molecular complexity index is 683. The molecule has 0 aliphatic rings. The molecular weight excluding hydrogens is 290 g/mol. The number of carboxylic acids is 1. The molecule has 2 aromatic rings. The number of rotatable bonds is 5. The van der Waals surface area contributed by atoms with Gasteiger partial charge in [-0.05, 0) is 42.8 Å². The fourth-order valence-electron chi connectivity index (χ4n) is 1.74. The molecule has 1 heterocycles. The number of carboxylic acid groups (broad SMARTS) is 1. The van der Waals surface area contributed by atoms with Crippen molar-refractivity contribution in [3.63, 3.8) is 0 Å². The molecule has 0 bridgehead atoms. The second-order valence-corrected chi connectivity index (χ2v) is 4.83. The van der Waals surface area contributed by atoms with Gasteiger partial charge in [0.05, 0.1) is 10.7 Å². The zero-order valence-electron chi connectivity index (χ0n) is 11.4. The Morgan fingerprint density at radius 1 is 1.38 bits per heavy atom. The van der Waals surface area contributed by atoms with Crippen LogP contribution in [0.1, 0.15) is 17.0 Å². The smallest absolute Gasteiger partial charge is 0.328 e. The number of nitrogens with zero attached hydrogens (tertiary/aromatic N) is 1. The third-order valence-corrected chi connectivity index (χ3v) is 2.99. The first-order valence-electron chi connectivity index (χ1n) is 6.30. The number of pyridine rings is 1. The molecule has 0 atom stereocenters. The summed E-state index contributed by atoms with van der Waals surface area (Å²) in [6.07, 6.45) is 2.53. The molecular formula is C16H14ClNO3. The number of hydrogen-bond acceptors (Lipinski definition) is 3. The Morgan fingerprint density at radius 2 is 2.19 bits per heavy atom. The Balaban J connectivity index is 2.06. The van der Waals surface area contributed by atoms with Crippen LogP contribution in [0.5, 0.6) is 5.75 Å². The lowest BCUT2D eigenvalue weighted by atomic mass is 10.2. The molecule has 108 valence electrons. The normalized spacial score (nSPS) is 10.8. The van der Waals surface area contributed by atoms with E-state index < -0.39 is 5.97 Å². The zero-order chi connectivity index (χ0) is 15.2. The highest BCUT2D eigenvalue weighted by atomic mass is 35.5. The van der Waals surface area contributed by atoms with Crippen molar-refractivity contribution in [2.75, 3.05) is 0 Å². The summed E-state index contributed by atoms with van der Waals surface area (Å²) in [7, 11) is 0. The topological polar surface area (TPSA) is 59.4 Å². The van der Waals surface area contributed by atoms with Crippen molar-refractivity contribution in [3.8, 4) is 5.75 Å². The van der Waals surface area contributed by atoms with E-state index in [2.05, 4.69) is 4.98 Å². The Kier molecular flexibility index (Phi) is 4.95. The van der Waals surface area contributed by atoms with Crippen molar-refractivity contribution in [3.05, 3.63) is 64.4 Å². The highest BCUT2D eigenvalue weighted by molar-refractivity contribution is 6.32. The van der Waals surface area contributed by atoms with E-state index >= 15 is 0 Å². The van der Waals surface area contributed by atoms with Crippen molar-refractivity contribution >= 4 is 23.6 Å². The number of benzene rings is 1. The van der Waals surface area contributed by atoms with Crippen LogP contribution in [0.2, 0.25) is 5.02 Å². The highest BCUT2D eigenvalue weighted by Crippen LogP contribution is 2.26. The van der Waals surface area contributed by atoms with Crippen molar-refractivity contribution in [1.29, 1.82) is 0 Å². The number of carbonyl (C=O) groups is 1. The van der Waals surface area contributed by atoms with Gasteiger partial charge in [-0.2, -0.15) is 0 Å².